The lowest BCUT2D eigenvalue weighted by Gasteiger charge is -2.09. The van der Waals surface area contributed by atoms with Crippen LogP contribution in [-0.2, 0) is 16.6 Å². The normalized spacial score (nSPS) is 11.3. The Labute approximate surface area is 123 Å². The monoisotopic (exact) mass is 308 g/mol. The summed E-state index contributed by atoms with van der Waals surface area (Å²) in [4.78, 5) is 1.22. The third-order valence-electron chi connectivity index (χ3n) is 2.77. The molecule has 106 valence electrons. The van der Waals surface area contributed by atoms with Gasteiger partial charge < -0.3 is 5.73 Å². The largest absolute Gasteiger partial charge is 0.326 e. The minimum Gasteiger partial charge on any atom is -0.326 e. The minimum atomic E-state index is -3.59. The predicted molar refractivity (Wildman–Crippen MR) is 83.4 cm³/mol. The average molecular weight is 308 g/mol. The standard InChI is InChI=1S/C14H16N2O2S2/c1-19-13-6-3-5-12(9-13)16-20(17,18)14-7-2-4-11(8-14)10-15/h2-9,16H,10,15H2,1H3. The first-order valence-electron chi connectivity index (χ1n) is 6.01. The van der Waals surface area contributed by atoms with Gasteiger partial charge in [-0.1, -0.05) is 18.2 Å². The fourth-order valence-corrected chi connectivity index (χ4v) is 3.32. The van der Waals surface area contributed by atoms with E-state index in [0.29, 0.717) is 12.2 Å². The van der Waals surface area contributed by atoms with E-state index in [0.717, 1.165) is 10.5 Å². The number of nitrogens with two attached hydrogens (primary N) is 1. The Morgan fingerprint density at radius 2 is 1.90 bits per heavy atom. The Bertz CT molecular complexity index is 700. The Balaban J connectivity index is 2.30. The molecule has 0 heterocycles. The van der Waals surface area contributed by atoms with Crippen molar-refractivity contribution < 1.29 is 8.42 Å². The van der Waals surface area contributed by atoms with Crippen molar-refractivity contribution >= 4 is 27.5 Å². The van der Waals surface area contributed by atoms with Gasteiger partial charge in [0.1, 0.15) is 0 Å². The maximum absolute atomic E-state index is 12.3. The van der Waals surface area contributed by atoms with E-state index in [-0.39, 0.29) is 4.90 Å². The lowest BCUT2D eigenvalue weighted by molar-refractivity contribution is 0.601. The first-order valence-corrected chi connectivity index (χ1v) is 8.72. The van der Waals surface area contributed by atoms with Gasteiger partial charge in [0.2, 0.25) is 0 Å². The van der Waals surface area contributed by atoms with E-state index in [1.807, 2.05) is 18.4 Å². The van der Waals surface area contributed by atoms with E-state index in [1.54, 1.807) is 48.2 Å². The van der Waals surface area contributed by atoms with Gasteiger partial charge in [-0.25, -0.2) is 8.42 Å². The highest BCUT2D eigenvalue weighted by Gasteiger charge is 2.14. The van der Waals surface area contributed by atoms with Crippen LogP contribution in [0.15, 0.2) is 58.3 Å². The summed E-state index contributed by atoms with van der Waals surface area (Å²) in [6, 6.07) is 13.9. The van der Waals surface area contributed by atoms with Crippen molar-refractivity contribution in [1.29, 1.82) is 0 Å². The van der Waals surface area contributed by atoms with Crippen molar-refractivity contribution in [3.05, 3.63) is 54.1 Å². The number of benzene rings is 2. The quantitative estimate of drug-likeness (QED) is 0.833. The second-order valence-electron chi connectivity index (χ2n) is 4.19. The van der Waals surface area contributed by atoms with Crippen LogP contribution >= 0.6 is 11.8 Å². The third-order valence-corrected chi connectivity index (χ3v) is 4.87. The summed E-state index contributed by atoms with van der Waals surface area (Å²) >= 11 is 1.56. The van der Waals surface area contributed by atoms with Crippen LogP contribution in [0, 0.1) is 0 Å². The summed E-state index contributed by atoms with van der Waals surface area (Å²) in [5.41, 5.74) is 6.87. The van der Waals surface area contributed by atoms with Gasteiger partial charge in [-0.05, 0) is 42.2 Å². The van der Waals surface area contributed by atoms with Gasteiger partial charge in [0, 0.05) is 17.1 Å². The number of rotatable bonds is 5. The van der Waals surface area contributed by atoms with Gasteiger partial charge in [0.05, 0.1) is 4.90 Å². The first kappa shape index (κ1) is 14.9. The van der Waals surface area contributed by atoms with Crippen LogP contribution in [0.5, 0.6) is 0 Å². The van der Waals surface area contributed by atoms with Crippen molar-refractivity contribution in [3.63, 3.8) is 0 Å². The van der Waals surface area contributed by atoms with Crippen LogP contribution in [0.4, 0.5) is 5.69 Å². The molecule has 4 nitrogen and oxygen atoms in total. The molecule has 2 aromatic rings. The average Bonchev–Trinajstić information content (AvgIpc) is 2.47. The maximum Gasteiger partial charge on any atom is 0.261 e. The van der Waals surface area contributed by atoms with Gasteiger partial charge >= 0.3 is 0 Å². The zero-order valence-corrected chi connectivity index (χ0v) is 12.7. The van der Waals surface area contributed by atoms with Gasteiger partial charge in [-0.3, -0.25) is 4.72 Å². The third kappa shape index (κ3) is 3.53. The summed E-state index contributed by atoms with van der Waals surface area (Å²) in [6.07, 6.45) is 1.94. The molecule has 20 heavy (non-hydrogen) atoms. The fourth-order valence-electron chi connectivity index (χ4n) is 1.74. The predicted octanol–water partition coefficient (Wildman–Crippen LogP) is 2.67. The molecule has 0 unspecified atom stereocenters. The molecule has 2 aromatic carbocycles. The van der Waals surface area contributed by atoms with E-state index in [4.69, 9.17) is 5.73 Å². The number of anilines is 1. The molecule has 0 saturated carbocycles. The Kier molecular flexibility index (Phi) is 4.69. The van der Waals surface area contributed by atoms with Crippen molar-refractivity contribution in [2.75, 3.05) is 11.0 Å². The molecule has 0 bridgehead atoms. The first-order chi connectivity index (χ1) is 9.55. The molecule has 2 rings (SSSR count). The lowest BCUT2D eigenvalue weighted by Crippen LogP contribution is -2.13. The van der Waals surface area contributed by atoms with Gasteiger partial charge in [0.25, 0.3) is 10.0 Å². The molecule has 0 fully saturated rings. The van der Waals surface area contributed by atoms with E-state index in [1.165, 1.54) is 0 Å². The molecule has 0 aliphatic carbocycles. The van der Waals surface area contributed by atoms with Crippen LogP contribution in [0.3, 0.4) is 0 Å². The zero-order chi connectivity index (χ0) is 14.6. The van der Waals surface area contributed by atoms with Crippen LogP contribution in [-0.4, -0.2) is 14.7 Å². The van der Waals surface area contributed by atoms with Crippen LogP contribution in [0.25, 0.3) is 0 Å². The molecule has 0 spiro atoms. The van der Waals surface area contributed by atoms with Crippen LogP contribution in [0.1, 0.15) is 5.56 Å². The van der Waals surface area contributed by atoms with Crippen molar-refractivity contribution in [2.45, 2.75) is 16.3 Å². The van der Waals surface area contributed by atoms with E-state index in [2.05, 4.69) is 4.72 Å². The summed E-state index contributed by atoms with van der Waals surface area (Å²) in [6.45, 7) is 0.311. The number of hydrogen-bond acceptors (Lipinski definition) is 4. The molecule has 0 aliphatic rings. The summed E-state index contributed by atoms with van der Waals surface area (Å²) < 4.78 is 27.2. The van der Waals surface area contributed by atoms with Crippen molar-refractivity contribution in [3.8, 4) is 0 Å². The number of hydrogen-bond donors (Lipinski definition) is 2. The lowest BCUT2D eigenvalue weighted by atomic mass is 10.2. The van der Waals surface area contributed by atoms with Crippen molar-refractivity contribution in [2.24, 2.45) is 5.73 Å². The number of thioether (sulfide) groups is 1. The maximum atomic E-state index is 12.3. The minimum absolute atomic E-state index is 0.218. The number of nitrogens with one attached hydrogen (secondary N) is 1. The highest BCUT2D eigenvalue weighted by Crippen LogP contribution is 2.22. The van der Waals surface area contributed by atoms with E-state index in [9.17, 15) is 8.42 Å². The molecule has 0 saturated heterocycles. The molecule has 0 atom stereocenters. The number of sulfonamides is 1. The van der Waals surface area contributed by atoms with Gasteiger partial charge in [-0.2, -0.15) is 0 Å². The van der Waals surface area contributed by atoms with Crippen LogP contribution < -0.4 is 10.5 Å². The summed E-state index contributed by atoms with van der Waals surface area (Å²) in [5.74, 6) is 0. The molecular weight excluding hydrogens is 292 g/mol. The summed E-state index contributed by atoms with van der Waals surface area (Å²) in [7, 11) is -3.59. The van der Waals surface area contributed by atoms with E-state index >= 15 is 0 Å². The molecule has 6 heteroatoms. The Morgan fingerprint density at radius 1 is 1.15 bits per heavy atom. The summed E-state index contributed by atoms with van der Waals surface area (Å²) in [5, 5.41) is 0. The van der Waals surface area contributed by atoms with Gasteiger partial charge in [0.15, 0.2) is 0 Å². The second kappa shape index (κ2) is 6.30. The molecule has 3 N–H and O–H groups in total. The molecule has 0 amide bonds. The zero-order valence-electron chi connectivity index (χ0n) is 11.0. The highest BCUT2D eigenvalue weighted by molar-refractivity contribution is 7.98. The Morgan fingerprint density at radius 3 is 2.60 bits per heavy atom. The molecule has 0 aromatic heterocycles. The van der Waals surface area contributed by atoms with Crippen molar-refractivity contribution in [1.82, 2.24) is 0 Å². The van der Waals surface area contributed by atoms with Gasteiger partial charge in [-0.15, -0.1) is 11.8 Å². The molecule has 0 aliphatic heterocycles. The second-order valence-corrected chi connectivity index (χ2v) is 6.75. The SMILES string of the molecule is CSc1cccc(NS(=O)(=O)c2cccc(CN)c2)c1. The highest BCUT2D eigenvalue weighted by atomic mass is 32.2. The smallest absolute Gasteiger partial charge is 0.261 e. The van der Waals surface area contributed by atoms with E-state index < -0.39 is 10.0 Å². The van der Waals surface area contributed by atoms with Crippen LogP contribution in [0.2, 0.25) is 0 Å². The Hall–Kier alpha value is -1.50. The molecular formula is C14H16N2O2S2. The fraction of sp³-hybridized carbons (Fsp3) is 0.143. The topological polar surface area (TPSA) is 72.2 Å². The molecule has 0 radical (unpaired) electrons.